The standard InChI is InChI=1S/C26H28N8O2/c1-17-14-20-15-19(4-6-22(20)30-24(17)27)26(35)34(18(2)25-28-8-3-9-29-25)16-21-5-7-23(32-31-21)33-10-12-36-13-11-33/h3-9,14-15,18H,10-13,16H2,1-2H3,(H2,27,30)/t18-/m1/s1. The summed E-state index contributed by atoms with van der Waals surface area (Å²) in [5.41, 5.74) is 8.78. The predicted molar refractivity (Wildman–Crippen MR) is 136 cm³/mol. The molecule has 1 aliphatic heterocycles. The van der Waals surface area contributed by atoms with Gasteiger partial charge in [0.05, 0.1) is 37.0 Å². The molecule has 1 amide bonds. The molecule has 1 saturated heterocycles. The fourth-order valence-electron chi connectivity index (χ4n) is 4.22. The monoisotopic (exact) mass is 484 g/mol. The molecule has 0 radical (unpaired) electrons. The number of nitrogen functional groups attached to an aromatic ring is 1. The zero-order valence-corrected chi connectivity index (χ0v) is 20.3. The summed E-state index contributed by atoms with van der Waals surface area (Å²) in [6.45, 7) is 6.98. The fourth-order valence-corrected chi connectivity index (χ4v) is 4.22. The summed E-state index contributed by atoms with van der Waals surface area (Å²) in [6.07, 6.45) is 3.35. The van der Waals surface area contributed by atoms with Crippen LogP contribution in [-0.2, 0) is 11.3 Å². The molecule has 10 nitrogen and oxygen atoms in total. The number of ether oxygens (including phenoxy) is 1. The van der Waals surface area contributed by atoms with Crippen molar-refractivity contribution in [3.05, 3.63) is 77.5 Å². The Hall–Kier alpha value is -4.18. The molecule has 1 fully saturated rings. The number of nitrogens with two attached hydrogens (primary N) is 1. The molecule has 0 unspecified atom stereocenters. The van der Waals surface area contributed by atoms with Gasteiger partial charge in [0.15, 0.2) is 5.82 Å². The summed E-state index contributed by atoms with van der Waals surface area (Å²) in [5.74, 6) is 1.67. The second-order valence-corrected chi connectivity index (χ2v) is 8.80. The zero-order chi connectivity index (χ0) is 25.1. The van der Waals surface area contributed by atoms with Crippen LogP contribution in [0.4, 0.5) is 11.6 Å². The number of hydrogen-bond donors (Lipinski definition) is 1. The van der Waals surface area contributed by atoms with Gasteiger partial charge in [-0.2, -0.15) is 5.10 Å². The molecule has 0 aliphatic carbocycles. The lowest BCUT2D eigenvalue weighted by atomic mass is 10.1. The van der Waals surface area contributed by atoms with Crippen LogP contribution in [0.5, 0.6) is 0 Å². The number of morpholine rings is 1. The number of benzene rings is 1. The average molecular weight is 485 g/mol. The van der Waals surface area contributed by atoms with Crippen molar-refractivity contribution in [2.75, 3.05) is 36.9 Å². The minimum atomic E-state index is -0.388. The van der Waals surface area contributed by atoms with Gasteiger partial charge in [0.2, 0.25) is 0 Å². The van der Waals surface area contributed by atoms with E-state index in [2.05, 4.69) is 30.0 Å². The largest absolute Gasteiger partial charge is 0.383 e. The van der Waals surface area contributed by atoms with Crippen LogP contribution in [0.1, 0.15) is 40.4 Å². The van der Waals surface area contributed by atoms with Crippen LogP contribution in [-0.4, -0.2) is 62.3 Å². The van der Waals surface area contributed by atoms with E-state index in [9.17, 15) is 4.79 Å². The van der Waals surface area contributed by atoms with Gasteiger partial charge in [0.25, 0.3) is 5.91 Å². The minimum Gasteiger partial charge on any atom is -0.383 e. The molecule has 1 aliphatic rings. The highest BCUT2D eigenvalue weighted by atomic mass is 16.5. The van der Waals surface area contributed by atoms with Crippen LogP contribution in [0.3, 0.4) is 0 Å². The molecule has 5 rings (SSSR count). The molecule has 0 bridgehead atoms. The lowest BCUT2D eigenvalue weighted by Crippen LogP contribution is -2.37. The van der Waals surface area contributed by atoms with Crippen LogP contribution >= 0.6 is 0 Å². The van der Waals surface area contributed by atoms with Gasteiger partial charge in [0.1, 0.15) is 11.6 Å². The van der Waals surface area contributed by atoms with E-state index in [0.717, 1.165) is 35.4 Å². The average Bonchev–Trinajstić information content (AvgIpc) is 2.93. The Labute approximate surface area is 209 Å². The number of hydrogen-bond acceptors (Lipinski definition) is 9. The van der Waals surface area contributed by atoms with E-state index >= 15 is 0 Å². The van der Waals surface area contributed by atoms with Crippen LogP contribution in [0, 0.1) is 6.92 Å². The molecule has 184 valence electrons. The minimum absolute atomic E-state index is 0.162. The third kappa shape index (κ3) is 4.94. The molecule has 0 spiro atoms. The topological polar surface area (TPSA) is 123 Å². The number of rotatable bonds is 6. The molecule has 1 atom stereocenters. The first kappa shape index (κ1) is 23.6. The highest BCUT2D eigenvalue weighted by Gasteiger charge is 2.26. The van der Waals surface area contributed by atoms with Crippen LogP contribution in [0.15, 0.2) is 54.9 Å². The van der Waals surface area contributed by atoms with Gasteiger partial charge in [0, 0.05) is 36.4 Å². The van der Waals surface area contributed by atoms with Gasteiger partial charge in [-0.05, 0) is 61.9 Å². The number of aryl methyl sites for hydroxylation is 1. The van der Waals surface area contributed by atoms with Crippen molar-refractivity contribution in [1.29, 1.82) is 0 Å². The summed E-state index contributed by atoms with van der Waals surface area (Å²) in [5, 5.41) is 9.69. The lowest BCUT2D eigenvalue weighted by Gasteiger charge is -2.29. The second-order valence-electron chi connectivity index (χ2n) is 8.80. The van der Waals surface area contributed by atoms with Crippen LogP contribution in [0.25, 0.3) is 10.9 Å². The lowest BCUT2D eigenvalue weighted by molar-refractivity contribution is 0.0663. The Morgan fingerprint density at radius 3 is 2.61 bits per heavy atom. The van der Waals surface area contributed by atoms with Gasteiger partial charge in [-0.1, -0.05) is 0 Å². The summed E-state index contributed by atoms with van der Waals surface area (Å²) in [7, 11) is 0. The second kappa shape index (κ2) is 10.2. The van der Waals surface area contributed by atoms with E-state index in [1.807, 2.05) is 44.2 Å². The molecule has 2 N–H and O–H groups in total. The van der Waals surface area contributed by atoms with Crippen molar-refractivity contribution in [1.82, 2.24) is 30.0 Å². The fraction of sp³-hybridized carbons (Fsp3) is 0.308. The Bertz CT molecular complexity index is 1360. The molecule has 36 heavy (non-hydrogen) atoms. The number of carbonyl (C=O) groups excluding carboxylic acids is 1. The maximum atomic E-state index is 13.8. The number of anilines is 2. The van der Waals surface area contributed by atoms with Crippen molar-refractivity contribution in [2.45, 2.75) is 26.4 Å². The maximum Gasteiger partial charge on any atom is 0.254 e. The van der Waals surface area contributed by atoms with Gasteiger partial charge in [-0.15, -0.1) is 5.10 Å². The highest BCUT2D eigenvalue weighted by molar-refractivity contribution is 5.98. The predicted octanol–water partition coefficient (Wildman–Crippen LogP) is 2.95. The molecular weight excluding hydrogens is 456 g/mol. The smallest absolute Gasteiger partial charge is 0.254 e. The normalized spacial score (nSPS) is 14.6. The first-order chi connectivity index (χ1) is 17.5. The van der Waals surface area contributed by atoms with E-state index in [1.165, 1.54) is 0 Å². The number of pyridine rings is 1. The van der Waals surface area contributed by atoms with Gasteiger partial charge >= 0.3 is 0 Å². The van der Waals surface area contributed by atoms with Crippen molar-refractivity contribution < 1.29 is 9.53 Å². The molecule has 10 heteroatoms. The number of amides is 1. The summed E-state index contributed by atoms with van der Waals surface area (Å²) in [4.78, 5) is 30.9. The van der Waals surface area contributed by atoms with Crippen molar-refractivity contribution in [3.63, 3.8) is 0 Å². The SMILES string of the molecule is Cc1cc2cc(C(=O)N(Cc3ccc(N4CCOCC4)nn3)[C@H](C)c3ncccn3)ccc2nc1N. The van der Waals surface area contributed by atoms with E-state index in [4.69, 9.17) is 10.5 Å². The number of fused-ring (bicyclic) bond motifs is 1. The number of nitrogens with zero attached hydrogens (tertiary/aromatic N) is 7. The zero-order valence-electron chi connectivity index (χ0n) is 20.3. The third-order valence-electron chi connectivity index (χ3n) is 6.35. The molecule has 1 aromatic carbocycles. The first-order valence-corrected chi connectivity index (χ1v) is 11.9. The summed E-state index contributed by atoms with van der Waals surface area (Å²) < 4.78 is 5.42. The van der Waals surface area contributed by atoms with Crippen LogP contribution < -0.4 is 10.6 Å². The van der Waals surface area contributed by atoms with Gasteiger partial charge in [-0.25, -0.2) is 15.0 Å². The van der Waals surface area contributed by atoms with Gasteiger partial charge in [-0.3, -0.25) is 4.79 Å². The first-order valence-electron chi connectivity index (χ1n) is 11.9. The van der Waals surface area contributed by atoms with E-state index in [1.54, 1.807) is 29.4 Å². The number of aromatic nitrogens is 5. The highest BCUT2D eigenvalue weighted by Crippen LogP contribution is 2.25. The van der Waals surface area contributed by atoms with Gasteiger partial charge < -0.3 is 20.3 Å². The molecule has 3 aromatic heterocycles. The number of carbonyl (C=O) groups is 1. The Kier molecular flexibility index (Phi) is 6.68. The van der Waals surface area contributed by atoms with Crippen LogP contribution in [0.2, 0.25) is 0 Å². The van der Waals surface area contributed by atoms with E-state index in [-0.39, 0.29) is 18.5 Å². The Morgan fingerprint density at radius 1 is 1.11 bits per heavy atom. The molecule has 4 heterocycles. The van der Waals surface area contributed by atoms with E-state index in [0.29, 0.717) is 36.1 Å². The van der Waals surface area contributed by atoms with E-state index < -0.39 is 0 Å². The Balaban J connectivity index is 1.45. The molecule has 4 aromatic rings. The molecular formula is C26H28N8O2. The van der Waals surface area contributed by atoms with Crippen molar-refractivity contribution in [3.8, 4) is 0 Å². The maximum absolute atomic E-state index is 13.8. The molecule has 0 saturated carbocycles. The quantitative estimate of drug-likeness (QED) is 0.440. The van der Waals surface area contributed by atoms with Crippen molar-refractivity contribution >= 4 is 28.4 Å². The third-order valence-corrected chi connectivity index (χ3v) is 6.35. The van der Waals surface area contributed by atoms with Crippen molar-refractivity contribution in [2.24, 2.45) is 0 Å². The Morgan fingerprint density at radius 2 is 1.89 bits per heavy atom. The summed E-state index contributed by atoms with van der Waals surface area (Å²) in [6, 6.07) is 12.6. The summed E-state index contributed by atoms with van der Waals surface area (Å²) >= 11 is 0.